The monoisotopic (exact) mass is 381 g/mol. The number of aliphatic hydroxyl groups excluding tert-OH is 2. The van der Waals surface area contributed by atoms with Crippen LogP contribution in [0.25, 0.3) is 0 Å². The highest BCUT2D eigenvalue weighted by Gasteiger charge is 2.43. The molecule has 3 amide bonds. The maximum atomic E-state index is 13.1. The summed E-state index contributed by atoms with van der Waals surface area (Å²) in [4.78, 5) is 25.8. The number of carbonyl (C=O) groups excluding carboxylic acids is 2. The van der Waals surface area contributed by atoms with Crippen LogP contribution in [0, 0.1) is 5.82 Å². The number of likely N-dealkylation sites (tertiary alicyclic amines) is 1. The van der Waals surface area contributed by atoms with Crippen molar-refractivity contribution in [2.24, 2.45) is 0 Å². The Balaban J connectivity index is 1.47. The second-order valence-electron chi connectivity index (χ2n) is 6.83. The van der Waals surface area contributed by atoms with Crippen LogP contribution in [0.5, 0.6) is 0 Å². The highest BCUT2D eigenvalue weighted by atomic mass is 19.1. The van der Waals surface area contributed by atoms with Crippen LogP contribution in [0.1, 0.15) is 19.3 Å². The molecule has 4 N–H and O–H groups in total. The predicted octanol–water partition coefficient (Wildman–Crippen LogP) is 0.449. The number of benzene rings is 1. The van der Waals surface area contributed by atoms with Crippen molar-refractivity contribution in [2.45, 2.75) is 43.7 Å². The minimum Gasteiger partial charge on any atom is -0.388 e. The molecule has 4 unspecified atom stereocenters. The van der Waals surface area contributed by atoms with Gasteiger partial charge in [0.2, 0.25) is 5.91 Å². The van der Waals surface area contributed by atoms with Crippen LogP contribution in [0.2, 0.25) is 0 Å². The number of nitrogens with one attached hydrogen (secondary N) is 2. The second-order valence-corrected chi connectivity index (χ2v) is 6.83. The first-order valence-electron chi connectivity index (χ1n) is 9.04. The highest BCUT2D eigenvalue weighted by molar-refractivity contribution is 5.89. The van der Waals surface area contributed by atoms with Crippen molar-refractivity contribution >= 4 is 17.6 Å². The number of urea groups is 1. The lowest BCUT2D eigenvalue weighted by atomic mass is 10.1. The van der Waals surface area contributed by atoms with Gasteiger partial charge in [-0.15, -0.1) is 0 Å². The minimum absolute atomic E-state index is 0.00971. The molecule has 4 atom stereocenters. The van der Waals surface area contributed by atoms with Crippen molar-refractivity contribution in [3.05, 3.63) is 30.1 Å². The fourth-order valence-electron chi connectivity index (χ4n) is 3.37. The molecule has 1 aromatic carbocycles. The molecule has 3 rings (SSSR count). The molecule has 0 radical (unpaired) electrons. The van der Waals surface area contributed by atoms with Gasteiger partial charge in [0.05, 0.1) is 12.5 Å². The summed E-state index contributed by atoms with van der Waals surface area (Å²) >= 11 is 0. The largest absolute Gasteiger partial charge is 0.388 e. The number of aliphatic hydroxyl groups is 2. The standard InChI is InChI=1S/C18H24FN3O5/c19-11-4-3-5-12(8-11)21-18(26)20-10-14-17(25)16(24)13(27-14)9-15(23)22-6-1-2-7-22/h3-5,8,13-14,16-17,24-25H,1-2,6-7,9-10H2,(H2,20,21,26). The van der Waals surface area contributed by atoms with Gasteiger partial charge in [0.1, 0.15) is 24.1 Å². The van der Waals surface area contributed by atoms with Crippen LogP contribution < -0.4 is 10.6 Å². The fourth-order valence-corrected chi connectivity index (χ4v) is 3.37. The Labute approximate surface area is 156 Å². The predicted molar refractivity (Wildman–Crippen MR) is 94.5 cm³/mol. The minimum atomic E-state index is -1.21. The number of carbonyl (C=O) groups is 2. The Hall–Kier alpha value is -2.23. The lowest BCUT2D eigenvalue weighted by molar-refractivity contribution is -0.134. The van der Waals surface area contributed by atoms with Gasteiger partial charge in [0.25, 0.3) is 0 Å². The van der Waals surface area contributed by atoms with Crippen molar-refractivity contribution in [1.29, 1.82) is 0 Å². The topological polar surface area (TPSA) is 111 Å². The summed E-state index contributed by atoms with van der Waals surface area (Å²) in [6, 6.07) is 4.84. The summed E-state index contributed by atoms with van der Waals surface area (Å²) in [7, 11) is 0. The van der Waals surface area contributed by atoms with Gasteiger partial charge in [-0.2, -0.15) is 0 Å². The first kappa shape index (κ1) is 19.5. The van der Waals surface area contributed by atoms with Gasteiger partial charge < -0.3 is 30.5 Å². The molecule has 0 saturated carbocycles. The first-order chi connectivity index (χ1) is 12.9. The quantitative estimate of drug-likeness (QED) is 0.592. The molecule has 0 aliphatic carbocycles. The lowest BCUT2D eigenvalue weighted by Gasteiger charge is -2.19. The Morgan fingerprint density at radius 3 is 2.59 bits per heavy atom. The van der Waals surface area contributed by atoms with Gasteiger partial charge in [-0.3, -0.25) is 4.79 Å². The fraction of sp³-hybridized carbons (Fsp3) is 0.556. The molecule has 2 saturated heterocycles. The highest BCUT2D eigenvalue weighted by Crippen LogP contribution is 2.24. The number of ether oxygens (including phenoxy) is 1. The number of nitrogens with zero attached hydrogens (tertiary/aromatic N) is 1. The third-order valence-corrected chi connectivity index (χ3v) is 4.84. The molecular weight excluding hydrogens is 357 g/mol. The summed E-state index contributed by atoms with van der Waals surface area (Å²) in [6.45, 7) is 1.35. The SMILES string of the molecule is O=C(NCC1OC(CC(=O)N2CCCC2)C(O)C1O)Nc1cccc(F)c1. The summed E-state index contributed by atoms with van der Waals surface area (Å²) in [5.41, 5.74) is 0.287. The van der Waals surface area contributed by atoms with E-state index >= 15 is 0 Å². The third-order valence-electron chi connectivity index (χ3n) is 4.84. The number of anilines is 1. The zero-order valence-corrected chi connectivity index (χ0v) is 14.8. The molecule has 2 fully saturated rings. The van der Waals surface area contributed by atoms with Crippen LogP contribution in [0.3, 0.4) is 0 Å². The van der Waals surface area contributed by atoms with Crippen molar-refractivity contribution in [2.75, 3.05) is 25.0 Å². The van der Waals surface area contributed by atoms with Crippen LogP contribution in [0.4, 0.5) is 14.9 Å². The van der Waals surface area contributed by atoms with Gasteiger partial charge in [-0.05, 0) is 31.0 Å². The Kier molecular flexibility index (Phi) is 6.25. The first-order valence-corrected chi connectivity index (χ1v) is 9.04. The average Bonchev–Trinajstić information content (AvgIpc) is 3.25. The third kappa shape index (κ3) is 4.94. The van der Waals surface area contributed by atoms with E-state index in [1.807, 2.05) is 0 Å². The van der Waals surface area contributed by atoms with Crippen molar-refractivity contribution in [3.8, 4) is 0 Å². The van der Waals surface area contributed by atoms with E-state index in [1.54, 1.807) is 4.90 Å². The summed E-state index contributed by atoms with van der Waals surface area (Å²) in [6.07, 6.45) is -2.14. The molecule has 2 aliphatic heterocycles. The second kappa shape index (κ2) is 8.64. The molecule has 0 spiro atoms. The van der Waals surface area contributed by atoms with Crippen LogP contribution >= 0.6 is 0 Å². The molecule has 8 nitrogen and oxygen atoms in total. The van der Waals surface area contributed by atoms with Gasteiger partial charge >= 0.3 is 6.03 Å². The normalized spacial score (nSPS) is 27.6. The van der Waals surface area contributed by atoms with Gasteiger partial charge in [-0.25, -0.2) is 9.18 Å². The van der Waals surface area contributed by atoms with Gasteiger partial charge in [0.15, 0.2) is 0 Å². The summed E-state index contributed by atoms with van der Waals surface area (Å²) in [5, 5.41) is 25.2. The molecule has 1 aromatic rings. The van der Waals surface area contributed by atoms with Crippen molar-refractivity contribution < 1.29 is 28.9 Å². The molecular formula is C18H24FN3O5. The molecule has 2 heterocycles. The van der Waals surface area contributed by atoms with E-state index in [4.69, 9.17) is 4.74 Å². The zero-order chi connectivity index (χ0) is 19.4. The van der Waals surface area contributed by atoms with E-state index < -0.39 is 36.3 Å². The van der Waals surface area contributed by atoms with Gasteiger partial charge in [-0.1, -0.05) is 6.07 Å². The van der Waals surface area contributed by atoms with Gasteiger partial charge in [0, 0.05) is 25.3 Å². The summed E-state index contributed by atoms with van der Waals surface area (Å²) in [5.74, 6) is -0.586. The molecule has 2 aliphatic rings. The van der Waals surface area contributed by atoms with E-state index in [0.717, 1.165) is 12.8 Å². The molecule has 0 bridgehead atoms. The number of amides is 3. The molecule has 148 valence electrons. The van der Waals surface area contributed by atoms with E-state index in [-0.39, 0.29) is 24.6 Å². The maximum absolute atomic E-state index is 13.1. The number of hydrogen-bond donors (Lipinski definition) is 4. The van der Waals surface area contributed by atoms with E-state index in [2.05, 4.69) is 10.6 Å². The van der Waals surface area contributed by atoms with E-state index in [1.165, 1.54) is 24.3 Å². The van der Waals surface area contributed by atoms with Crippen LogP contribution in [-0.4, -0.2) is 71.1 Å². The van der Waals surface area contributed by atoms with Crippen molar-refractivity contribution in [3.63, 3.8) is 0 Å². The molecule has 0 aromatic heterocycles. The number of hydrogen-bond acceptors (Lipinski definition) is 5. The van der Waals surface area contributed by atoms with Crippen LogP contribution in [-0.2, 0) is 9.53 Å². The molecule has 9 heteroatoms. The van der Waals surface area contributed by atoms with E-state index in [0.29, 0.717) is 13.1 Å². The number of halogens is 1. The smallest absolute Gasteiger partial charge is 0.319 e. The lowest BCUT2D eigenvalue weighted by Crippen LogP contribution is -2.41. The van der Waals surface area contributed by atoms with E-state index in [9.17, 15) is 24.2 Å². The van der Waals surface area contributed by atoms with Crippen LogP contribution in [0.15, 0.2) is 24.3 Å². The Morgan fingerprint density at radius 2 is 1.89 bits per heavy atom. The molecule has 27 heavy (non-hydrogen) atoms. The van der Waals surface area contributed by atoms with Crippen molar-refractivity contribution in [1.82, 2.24) is 10.2 Å². The Morgan fingerprint density at radius 1 is 1.19 bits per heavy atom. The number of rotatable bonds is 5. The zero-order valence-electron chi connectivity index (χ0n) is 14.8. The Bertz CT molecular complexity index is 683. The summed E-state index contributed by atoms with van der Waals surface area (Å²) < 4.78 is 18.7. The maximum Gasteiger partial charge on any atom is 0.319 e. The average molecular weight is 381 g/mol.